The second-order valence-corrected chi connectivity index (χ2v) is 16.8. The highest BCUT2D eigenvalue weighted by Crippen LogP contribution is 2.29. The normalized spacial score (nSPS) is 11.5. The van der Waals surface area contributed by atoms with Crippen LogP contribution in [0.2, 0.25) is 0 Å². The second kappa shape index (κ2) is 32.7. The van der Waals surface area contributed by atoms with Crippen LogP contribution in [0.25, 0.3) is 15.1 Å². The lowest BCUT2D eigenvalue weighted by atomic mass is 10.1. The maximum absolute atomic E-state index is 12.6. The van der Waals surface area contributed by atoms with Crippen molar-refractivity contribution in [3.8, 4) is 18.2 Å². The molecule has 3 rings (SSSR count). The average Bonchev–Trinajstić information content (AvgIpc) is 3.44. The molecule has 0 saturated carbocycles. The summed E-state index contributed by atoms with van der Waals surface area (Å²) in [6.07, 6.45) is 2.90. The molecule has 22 heteroatoms. The molecule has 76 heavy (non-hydrogen) atoms. The summed E-state index contributed by atoms with van der Waals surface area (Å²) in [5.41, 5.74) is 2.40. The lowest BCUT2D eigenvalue weighted by molar-refractivity contribution is -0.146. The molecule has 0 atom stereocenters. The van der Waals surface area contributed by atoms with Gasteiger partial charge < -0.3 is 43.1 Å². The van der Waals surface area contributed by atoms with E-state index in [1.165, 1.54) is 0 Å². The van der Waals surface area contributed by atoms with E-state index in [1.807, 2.05) is 35.8 Å². The SMILES string of the molecule is C=CC(=O)OCCOC(=O)/C(C#N)=C(\Cl)c1ccc(N(C)CCN(CCN(C)c2ccc(/C(Cl)=C(\C#N)C(=O)OCCOC(=O)C=C)cc2)CCN(C)c2ccc(/C(Cl)=C(/C#N)C(=O)OCCOC(=O)C=C)cc2)cc1. The monoisotopic (exact) mass is 1100 g/mol. The first-order valence-corrected chi connectivity index (χ1v) is 24.0. The van der Waals surface area contributed by atoms with Crippen molar-refractivity contribution in [2.24, 2.45) is 0 Å². The van der Waals surface area contributed by atoms with Crippen molar-refractivity contribution in [1.29, 1.82) is 15.8 Å². The molecule has 19 nitrogen and oxygen atoms in total. The topological polar surface area (TPSA) is 242 Å². The number of benzene rings is 3. The van der Waals surface area contributed by atoms with Gasteiger partial charge in [-0.05, 0) is 53.1 Å². The third-order valence-electron chi connectivity index (χ3n) is 10.7. The predicted octanol–water partition coefficient (Wildman–Crippen LogP) is 6.94. The average molecular weight is 1100 g/mol. The highest BCUT2D eigenvalue weighted by atomic mass is 35.5. The predicted molar refractivity (Wildman–Crippen MR) is 287 cm³/mol. The molecule has 0 fully saturated rings. The Hall–Kier alpha value is -8.38. The molecule has 0 aliphatic carbocycles. The number of rotatable bonds is 30. The maximum atomic E-state index is 12.6. The first kappa shape index (κ1) is 61.9. The van der Waals surface area contributed by atoms with E-state index in [9.17, 15) is 44.6 Å². The Kier molecular flexibility index (Phi) is 26.7. The van der Waals surface area contributed by atoms with Gasteiger partial charge in [0.25, 0.3) is 0 Å². The van der Waals surface area contributed by atoms with Gasteiger partial charge >= 0.3 is 35.8 Å². The molecule has 0 aliphatic heterocycles. The minimum Gasteiger partial charge on any atom is -0.459 e. The highest BCUT2D eigenvalue weighted by molar-refractivity contribution is 6.52. The summed E-state index contributed by atoms with van der Waals surface area (Å²) < 4.78 is 29.5. The van der Waals surface area contributed by atoms with Crippen LogP contribution in [0.5, 0.6) is 0 Å². The third kappa shape index (κ3) is 19.8. The molecule has 398 valence electrons. The zero-order valence-corrected chi connectivity index (χ0v) is 44.2. The summed E-state index contributed by atoms with van der Waals surface area (Å²) in [5, 5.41) is 28.8. The summed E-state index contributed by atoms with van der Waals surface area (Å²) in [6, 6.07) is 26.2. The van der Waals surface area contributed by atoms with Gasteiger partial charge in [-0.15, -0.1) is 0 Å². The minimum absolute atomic E-state index is 0.115. The highest BCUT2D eigenvalue weighted by Gasteiger charge is 2.21. The van der Waals surface area contributed by atoms with Crippen molar-refractivity contribution in [1.82, 2.24) is 4.90 Å². The van der Waals surface area contributed by atoms with E-state index in [-0.39, 0.29) is 54.7 Å². The molecule has 0 radical (unpaired) electrons. The second-order valence-electron chi connectivity index (χ2n) is 15.7. The van der Waals surface area contributed by atoms with Crippen LogP contribution in [0.1, 0.15) is 16.7 Å². The van der Waals surface area contributed by atoms with Gasteiger partial charge in [0.05, 0.1) is 15.1 Å². The van der Waals surface area contributed by atoms with Crippen LogP contribution in [-0.2, 0) is 57.2 Å². The Bertz CT molecular complexity index is 2510. The number of ether oxygens (including phenoxy) is 6. The fraction of sp³-hybridized carbons (Fsp3) is 0.278. The van der Waals surface area contributed by atoms with Crippen LogP contribution in [0.3, 0.4) is 0 Å². The molecule has 0 saturated heterocycles. The van der Waals surface area contributed by atoms with E-state index in [1.54, 1.807) is 91.0 Å². The fourth-order valence-electron chi connectivity index (χ4n) is 6.39. The smallest absolute Gasteiger partial charge is 0.350 e. The van der Waals surface area contributed by atoms with Crippen molar-refractivity contribution in [2.45, 2.75) is 0 Å². The molecule has 3 aromatic carbocycles. The fourth-order valence-corrected chi connectivity index (χ4v) is 7.13. The van der Waals surface area contributed by atoms with Gasteiger partial charge in [-0.2, -0.15) is 15.8 Å². The standard InChI is InChI=1S/C54H54Cl3N7O12/c1-7-46(65)71-28-31-74-52(68)43(34-58)49(55)37-10-16-40(17-11-37)61(4)22-25-64(26-23-62(5)41-18-12-38(13-19-41)50(56)44(35-59)53(69)75-32-29-72-47(66)8-2)27-24-63(6)42-20-14-39(15-21-42)51(57)45(36-60)54(70)76-33-30-73-48(67)9-3/h7-21H,1-3,22-33H2,4-6H3/b49-43-,50-44-,51-45+. The summed E-state index contributed by atoms with van der Waals surface area (Å²) >= 11 is 19.5. The Morgan fingerprint density at radius 3 is 0.855 bits per heavy atom. The molecule has 3 aromatic rings. The van der Waals surface area contributed by atoms with Gasteiger partial charge in [0.2, 0.25) is 0 Å². The summed E-state index contributed by atoms with van der Waals surface area (Å²) in [5.74, 6) is -4.99. The summed E-state index contributed by atoms with van der Waals surface area (Å²) in [6.45, 7) is 11.8. The quantitative estimate of drug-likeness (QED) is 0.0216. The van der Waals surface area contributed by atoms with Gasteiger partial charge in [0.15, 0.2) is 16.7 Å². The number of likely N-dealkylation sites (N-methyl/N-ethyl adjacent to an activating group) is 3. The number of hydrogen-bond acceptors (Lipinski definition) is 19. The van der Waals surface area contributed by atoms with Gasteiger partial charge in [0, 0.05) is 95.7 Å². The first-order chi connectivity index (χ1) is 36.4. The number of nitriles is 3. The van der Waals surface area contributed by atoms with Crippen molar-refractivity contribution in [2.75, 3.05) is 115 Å². The van der Waals surface area contributed by atoms with Crippen LogP contribution in [0.4, 0.5) is 17.1 Å². The number of carbonyl (C=O) groups is 6. The molecule has 0 aliphatic rings. The van der Waals surface area contributed by atoms with Crippen molar-refractivity contribution in [3.63, 3.8) is 0 Å². The van der Waals surface area contributed by atoms with E-state index in [2.05, 4.69) is 24.6 Å². The zero-order valence-electron chi connectivity index (χ0n) is 41.9. The van der Waals surface area contributed by atoms with Crippen molar-refractivity contribution in [3.05, 3.63) is 144 Å². The van der Waals surface area contributed by atoms with E-state index in [0.717, 1.165) is 35.3 Å². The number of carbonyl (C=O) groups excluding carboxylic acids is 6. The molecule has 0 spiro atoms. The van der Waals surface area contributed by atoms with Crippen LogP contribution in [0.15, 0.2) is 127 Å². The van der Waals surface area contributed by atoms with Gasteiger partial charge in [-0.1, -0.05) is 90.9 Å². The maximum Gasteiger partial charge on any atom is 0.350 e. The molecular weight excluding hydrogens is 1040 g/mol. The van der Waals surface area contributed by atoms with Crippen molar-refractivity contribution >= 4 is 103 Å². The first-order valence-electron chi connectivity index (χ1n) is 22.9. The molecule has 0 unspecified atom stereocenters. The zero-order chi connectivity index (χ0) is 56.2. The number of anilines is 3. The van der Waals surface area contributed by atoms with Gasteiger partial charge in [-0.3, -0.25) is 4.90 Å². The van der Waals surface area contributed by atoms with Crippen LogP contribution < -0.4 is 14.7 Å². The lowest BCUT2D eigenvalue weighted by Gasteiger charge is -2.31. The van der Waals surface area contributed by atoms with Crippen LogP contribution in [0, 0.1) is 34.0 Å². The van der Waals surface area contributed by atoms with Gasteiger partial charge in [-0.25, -0.2) is 28.8 Å². The molecule has 0 amide bonds. The van der Waals surface area contributed by atoms with E-state index in [4.69, 9.17) is 63.2 Å². The number of esters is 6. The van der Waals surface area contributed by atoms with E-state index < -0.39 is 52.5 Å². The van der Waals surface area contributed by atoms with Gasteiger partial charge in [0.1, 0.15) is 57.8 Å². The summed E-state index contributed by atoms with van der Waals surface area (Å²) in [7, 11) is 5.75. The molecule has 0 N–H and O–H groups in total. The van der Waals surface area contributed by atoms with E-state index >= 15 is 0 Å². The largest absolute Gasteiger partial charge is 0.459 e. The number of nitrogens with zero attached hydrogens (tertiary/aromatic N) is 7. The lowest BCUT2D eigenvalue weighted by Crippen LogP contribution is -2.41. The molecular formula is C54H54Cl3N7O12. The molecule has 0 heterocycles. The summed E-state index contributed by atoms with van der Waals surface area (Å²) in [4.78, 5) is 80.0. The Labute approximate surface area is 455 Å². The Morgan fingerprint density at radius 1 is 0.421 bits per heavy atom. The molecule has 0 aromatic heterocycles. The van der Waals surface area contributed by atoms with Crippen LogP contribution in [-0.4, -0.2) is 141 Å². The Morgan fingerprint density at radius 2 is 0.645 bits per heavy atom. The van der Waals surface area contributed by atoms with E-state index in [0.29, 0.717) is 56.0 Å². The number of halogens is 3. The van der Waals surface area contributed by atoms with Crippen molar-refractivity contribution < 1.29 is 57.2 Å². The third-order valence-corrected chi connectivity index (χ3v) is 11.9. The molecule has 0 bridgehead atoms. The minimum atomic E-state index is -0.975. The Balaban J connectivity index is 1.78. The van der Waals surface area contributed by atoms with Crippen LogP contribution >= 0.6 is 34.8 Å². The number of hydrogen-bond donors (Lipinski definition) is 0.